The molecule has 0 fully saturated rings. The van der Waals surface area contributed by atoms with Gasteiger partial charge < -0.3 is 5.32 Å². The molecule has 1 heterocycles. The predicted octanol–water partition coefficient (Wildman–Crippen LogP) is 5.01. The summed E-state index contributed by atoms with van der Waals surface area (Å²) >= 11 is 1.30. The predicted molar refractivity (Wildman–Crippen MR) is 130 cm³/mol. The maximum atomic E-state index is 14.2. The Morgan fingerprint density at radius 2 is 1.79 bits per heavy atom. The summed E-state index contributed by atoms with van der Waals surface area (Å²) in [6, 6.07) is 21.1. The summed E-state index contributed by atoms with van der Waals surface area (Å²) in [5.41, 5.74) is 2.18. The largest absolute Gasteiger partial charge is 0.350 e. The summed E-state index contributed by atoms with van der Waals surface area (Å²) < 4.78 is 15.8. The van der Waals surface area contributed by atoms with Gasteiger partial charge in [0.1, 0.15) is 5.82 Å². The number of nitrogens with zero attached hydrogens (tertiary/aromatic N) is 2. The molecule has 168 valence electrons. The number of thioether (sulfide) groups is 1. The number of carbonyl (C=O) groups is 1. The van der Waals surface area contributed by atoms with Crippen LogP contribution in [0.15, 0.2) is 82.7 Å². The van der Waals surface area contributed by atoms with Crippen LogP contribution in [-0.2, 0) is 12.3 Å². The van der Waals surface area contributed by atoms with Crippen molar-refractivity contribution >= 4 is 28.6 Å². The van der Waals surface area contributed by atoms with Crippen molar-refractivity contribution in [2.45, 2.75) is 37.3 Å². The highest BCUT2D eigenvalue weighted by molar-refractivity contribution is 7.98. The smallest absolute Gasteiger partial charge is 0.262 e. The molecular formula is C26H24FN3O2S. The van der Waals surface area contributed by atoms with Gasteiger partial charge in [-0.25, -0.2) is 9.37 Å². The highest BCUT2D eigenvalue weighted by atomic mass is 32.2. The van der Waals surface area contributed by atoms with E-state index in [0.29, 0.717) is 39.5 Å². The second-order valence-corrected chi connectivity index (χ2v) is 8.95. The minimum atomic E-state index is -0.296. The highest BCUT2D eigenvalue weighted by Crippen LogP contribution is 2.24. The molecule has 0 saturated heterocycles. The van der Waals surface area contributed by atoms with Crippen LogP contribution in [0, 0.1) is 5.82 Å². The maximum absolute atomic E-state index is 14.2. The normalized spacial score (nSPS) is 11.2. The molecule has 0 saturated carbocycles. The molecular weight excluding hydrogens is 437 g/mol. The van der Waals surface area contributed by atoms with Crippen LogP contribution in [0.25, 0.3) is 10.9 Å². The molecule has 0 aliphatic carbocycles. The minimum Gasteiger partial charge on any atom is -0.350 e. The molecule has 4 aromatic rings. The summed E-state index contributed by atoms with van der Waals surface area (Å²) in [4.78, 5) is 30.6. The lowest BCUT2D eigenvalue weighted by molar-refractivity contribution is 0.0943. The van der Waals surface area contributed by atoms with Crippen molar-refractivity contribution in [3.05, 3.63) is 106 Å². The van der Waals surface area contributed by atoms with Gasteiger partial charge in [0, 0.05) is 17.4 Å². The molecule has 5 nitrogen and oxygen atoms in total. The quantitative estimate of drug-likeness (QED) is 0.310. The third-order valence-corrected chi connectivity index (χ3v) is 6.13. The van der Waals surface area contributed by atoms with Crippen LogP contribution in [0.5, 0.6) is 0 Å². The Bertz CT molecular complexity index is 1350. The third-order valence-electron chi connectivity index (χ3n) is 5.10. The first-order valence-corrected chi connectivity index (χ1v) is 11.7. The van der Waals surface area contributed by atoms with Gasteiger partial charge in [-0.15, -0.1) is 0 Å². The Hall–Kier alpha value is -3.45. The lowest BCUT2D eigenvalue weighted by Gasteiger charge is -2.14. The first kappa shape index (κ1) is 22.7. The SMILES string of the molecule is CC(C)NC(=O)c1ccc2c(=O)n(Cc3ccccc3)c(SCc3ccccc3F)nc2c1. The Morgan fingerprint density at radius 3 is 2.52 bits per heavy atom. The van der Waals surface area contributed by atoms with Crippen LogP contribution in [0.1, 0.15) is 35.3 Å². The van der Waals surface area contributed by atoms with E-state index in [0.717, 1.165) is 5.56 Å². The molecule has 1 amide bonds. The topological polar surface area (TPSA) is 64.0 Å². The van der Waals surface area contributed by atoms with E-state index in [1.54, 1.807) is 41.0 Å². The molecule has 33 heavy (non-hydrogen) atoms. The van der Waals surface area contributed by atoms with Gasteiger partial charge in [0.15, 0.2) is 5.16 Å². The summed E-state index contributed by atoms with van der Waals surface area (Å²) in [6.07, 6.45) is 0. The van der Waals surface area contributed by atoms with E-state index in [4.69, 9.17) is 4.98 Å². The number of carbonyl (C=O) groups excluding carboxylic acids is 1. The monoisotopic (exact) mass is 461 g/mol. The fraction of sp³-hybridized carbons (Fsp3) is 0.192. The van der Waals surface area contributed by atoms with E-state index in [2.05, 4.69) is 5.32 Å². The number of halogens is 1. The first-order valence-electron chi connectivity index (χ1n) is 10.7. The van der Waals surface area contributed by atoms with Gasteiger partial charge in [-0.1, -0.05) is 60.3 Å². The average molecular weight is 462 g/mol. The van der Waals surface area contributed by atoms with E-state index < -0.39 is 0 Å². The van der Waals surface area contributed by atoms with E-state index in [1.807, 2.05) is 44.2 Å². The molecule has 3 aromatic carbocycles. The molecule has 7 heteroatoms. The van der Waals surface area contributed by atoms with Crippen molar-refractivity contribution in [2.75, 3.05) is 0 Å². The number of rotatable bonds is 7. The lowest BCUT2D eigenvalue weighted by atomic mass is 10.1. The van der Waals surface area contributed by atoms with Crippen molar-refractivity contribution in [3.8, 4) is 0 Å². The van der Waals surface area contributed by atoms with E-state index in [1.165, 1.54) is 17.8 Å². The van der Waals surface area contributed by atoms with Crippen molar-refractivity contribution in [1.29, 1.82) is 0 Å². The van der Waals surface area contributed by atoms with Crippen LogP contribution in [0.2, 0.25) is 0 Å². The van der Waals surface area contributed by atoms with Crippen LogP contribution in [0.4, 0.5) is 4.39 Å². The van der Waals surface area contributed by atoms with Crippen molar-refractivity contribution in [1.82, 2.24) is 14.9 Å². The minimum absolute atomic E-state index is 0.00749. The van der Waals surface area contributed by atoms with Gasteiger partial charge in [-0.05, 0) is 49.2 Å². The Morgan fingerprint density at radius 1 is 1.06 bits per heavy atom. The molecule has 1 aromatic heterocycles. The molecule has 0 atom stereocenters. The molecule has 4 rings (SSSR count). The zero-order chi connectivity index (χ0) is 23.4. The molecule has 0 aliphatic rings. The number of hydrogen-bond acceptors (Lipinski definition) is 4. The number of amides is 1. The first-order chi connectivity index (χ1) is 15.9. The summed E-state index contributed by atoms with van der Waals surface area (Å²) in [7, 11) is 0. The molecule has 0 aliphatic heterocycles. The lowest BCUT2D eigenvalue weighted by Crippen LogP contribution is -2.30. The van der Waals surface area contributed by atoms with Crippen molar-refractivity contribution < 1.29 is 9.18 Å². The molecule has 0 spiro atoms. The second-order valence-electron chi connectivity index (χ2n) is 8.01. The van der Waals surface area contributed by atoms with Crippen LogP contribution < -0.4 is 10.9 Å². The Balaban J connectivity index is 1.77. The summed E-state index contributed by atoms with van der Waals surface area (Å²) in [6.45, 7) is 4.12. The van der Waals surface area contributed by atoms with Crippen LogP contribution >= 0.6 is 11.8 Å². The second kappa shape index (κ2) is 10.0. The molecule has 0 bridgehead atoms. The van der Waals surface area contributed by atoms with E-state index in [9.17, 15) is 14.0 Å². The maximum Gasteiger partial charge on any atom is 0.262 e. The van der Waals surface area contributed by atoms with Crippen molar-refractivity contribution in [2.24, 2.45) is 0 Å². The van der Waals surface area contributed by atoms with Gasteiger partial charge in [0.2, 0.25) is 0 Å². The zero-order valence-corrected chi connectivity index (χ0v) is 19.2. The highest BCUT2D eigenvalue weighted by Gasteiger charge is 2.16. The summed E-state index contributed by atoms with van der Waals surface area (Å²) in [5, 5.41) is 3.76. The molecule has 0 radical (unpaired) electrons. The zero-order valence-electron chi connectivity index (χ0n) is 18.4. The van der Waals surface area contributed by atoms with Gasteiger partial charge in [0.25, 0.3) is 11.5 Å². The number of nitrogens with one attached hydrogen (secondary N) is 1. The van der Waals surface area contributed by atoms with Crippen molar-refractivity contribution in [3.63, 3.8) is 0 Å². The Labute approximate surface area is 195 Å². The molecule has 1 N–H and O–H groups in total. The van der Waals surface area contributed by atoms with Gasteiger partial charge in [-0.3, -0.25) is 14.2 Å². The number of aromatic nitrogens is 2. The van der Waals surface area contributed by atoms with E-state index in [-0.39, 0.29) is 23.3 Å². The average Bonchev–Trinajstić information content (AvgIpc) is 2.80. The third kappa shape index (κ3) is 5.31. The fourth-order valence-corrected chi connectivity index (χ4v) is 4.45. The number of hydrogen-bond donors (Lipinski definition) is 1. The summed E-state index contributed by atoms with van der Waals surface area (Å²) in [5.74, 6) is -0.189. The fourth-order valence-electron chi connectivity index (χ4n) is 3.46. The van der Waals surface area contributed by atoms with Gasteiger partial charge in [-0.2, -0.15) is 0 Å². The van der Waals surface area contributed by atoms with Gasteiger partial charge in [0.05, 0.1) is 17.4 Å². The molecule has 0 unspecified atom stereocenters. The number of fused-ring (bicyclic) bond motifs is 1. The standard InChI is InChI=1S/C26H24FN3O2S/c1-17(2)28-24(31)19-12-13-21-23(14-19)29-26(33-16-20-10-6-7-11-22(20)27)30(25(21)32)15-18-8-4-3-5-9-18/h3-14,17H,15-16H2,1-2H3,(H,28,31). The van der Waals surface area contributed by atoms with E-state index >= 15 is 0 Å². The number of benzene rings is 3. The Kier molecular flexibility index (Phi) is 6.89. The van der Waals surface area contributed by atoms with Crippen LogP contribution in [0.3, 0.4) is 0 Å². The van der Waals surface area contributed by atoms with Gasteiger partial charge >= 0.3 is 0 Å². The van der Waals surface area contributed by atoms with Crippen LogP contribution in [-0.4, -0.2) is 21.5 Å².